The second-order valence-corrected chi connectivity index (χ2v) is 6.05. The third-order valence-electron chi connectivity index (χ3n) is 4.00. The molecule has 0 amide bonds. The highest BCUT2D eigenvalue weighted by molar-refractivity contribution is 5.79. The van der Waals surface area contributed by atoms with E-state index in [2.05, 4.69) is 25.6 Å². The van der Waals surface area contributed by atoms with Crippen LogP contribution in [-0.2, 0) is 13.0 Å². The van der Waals surface area contributed by atoms with Crippen LogP contribution in [0.5, 0.6) is 0 Å². The summed E-state index contributed by atoms with van der Waals surface area (Å²) < 4.78 is 13.0. The summed E-state index contributed by atoms with van der Waals surface area (Å²) in [6.07, 6.45) is 1.82. The molecule has 0 fully saturated rings. The minimum absolute atomic E-state index is 0.228. The summed E-state index contributed by atoms with van der Waals surface area (Å²) in [5.74, 6) is 1.54. The summed E-state index contributed by atoms with van der Waals surface area (Å²) in [5.41, 5.74) is 3.06. The SMILES string of the molecule is CCNC(=NCc1ccc(F)cc1)NCCCc1nc2ccccc2[nH]1. The van der Waals surface area contributed by atoms with E-state index in [-0.39, 0.29) is 5.82 Å². The number of aromatic nitrogens is 2. The number of aryl methyl sites for hydroxylation is 1. The first kappa shape index (κ1) is 17.9. The number of hydrogen-bond donors (Lipinski definition) is 3. The van der Waals surface area contributed by atoms with Crippen molar-refractivity contribution in [1.29, 1.82) is 0 Å². The average molecular weight is 353 g/mol. The van der Waals surface area contributed by atoms with E-state index >= 15 is 0 Å². The molecule has 26 heavy (non-hydrogen) atoms. The summed E-state index contributed by atoms with van der Waals surface area (Å²) >= 11 is 0. The van der Waals surface area contributed by atoms with Crippen molar-refractivity contribution in [3.63, 3.8) is 0 Å². The van der Waals surface area contributed by atoms with Gasteiger partial charge in [0.05, 0.1) is 17.6 Å². The highest BCUT2D eigenvalue weighted by Crippen LogP contribution is 2.11. The molecule has 3 aromatic rings. The Morgan fingerprint density at radius 3 is 2.69 bits per heavy atom. The number of aromatic amines is 1. The largest absolute Gasteiger partial charge is 0.357 e. The Balaban J connectivity index is 1.48. The van der Waals surface area contributed by atoms with Crippen LogP contribution >= 0.6 is 0 Å². The van der Waals surface area contributed by atoms with Gasteiger partial charge in [0, 0.05) is 19.5 Å². The minimum Gasteiger partial charge on any atom is -0.357 e. The van der Waals surface area contributed by atoms with Crippen LogP contribution < -0.4 is 10.6 Å². The number of nitrogens with one attached hydrogen (secondary N) is 3. The van der Waals surface area contributed by atoms with Crippen LogP contribution in [0.4, 0.5) is 4.39 Å². The molecule has 0 spiro atoms. The van der Waals surface area contributed by atoms with Crippen LogP contribution in [0.1, 0.15) is 24.7 Å². The number of guanidine groups is 1. The standard InChI is InChI=1S/C20H24FN5/c1-2-22-20(24-14-15-9-11-16(21)12-10-15)23-13-5-8-19-25-17-6-3-4-7-18(17)26-19/h3-4,6-7,9-12H,2,5,8,13-14H2,1H3,(H,25,26)(H2,22,23,24). The van der Waals surface area contributed by atoms with Crippen LogP contribution in [-0.4, -0.2) is 29.0 Å². The van der Waals surface area contributed by atoms with Crippen LogP contribution in [0.15, 0.2) is 53.5 Å². The molecule has 0 unspecified atom stereocenters. The first-order chi connectivity index (χ1) is 12.7. The molecular weight excluding hydrogens is 329 g/mol. The van der Waals surface area contributed by atoms with Gasteiger partial charge in [-0.05, 0) is 43.2 Å². The van der Waals surface area contributed by atoms with Crippen molar-refractivity contribution in [2.24, 2.45) is 4.99 Å². The molecule has 0 aliphatic rings. The van der Waals surface area contributed by atoms with Gasteiger partial charge >= 0.3 is 0 Å². The summed E-state index contributed by atoms with van der Waals surface area (Å²) in [5, 5.41) is 6.56. The van der Waals surface area contributed by atoms with Crippen LogP contribution in [0.3, 0.4) is 0 Å². The number of para-hydroxylation sites is 2. The molecule has 0 saturated heterocycles. The number of hydrogen-bond acceptors (Lipinski definition) is 2. The predicted molar refractivity (Wildman–Crippen MR) is 104 cm³/mol. The monoisotopic (exact) mass is 353 g/mol. The first-order valence-corrected chi connectivity index (χ1v) is 8.95. The molecule has 3 N–H and O–H groups in total. The van der Waals surface area contributed by atoms with Gasteiger partial charge in [-0.3, -0.25) is 0 Å². The van der Waals surface area contributed by atoms with Crippen LogP contribution in [0.2, 0.25) is 0 Å². The van der Waals surface area contributed by atoms with Crippen molar-refractivity contribution in [1.82, 2.24) is 20.6 Å². The quantitative estimate of drug-likeness (QED) is 0.347. The second-order valence-electron chi connectivity index (χ2n) is 6.05. The Bertz CT molecular complexity index is 821. The maximum atomic E-state index is 13.0. The van der Waals surface area contributed by atoms with E-state index in [9.17, 15) is 4.39 Å². The summed E-state index contributed by atoms with van der Waals surface area (Å²) in [6, 6.07) is 14.5. The summed E-state index contributed by atoms with van der Waals surface area (Å²) in [6.45, 7) is 4.13. The number of nitrogens with zero attached hydrogens (tertiary/aromatic N) is 2. The molecule has 0 saturated carbocycles. The lowest BCUT2D eigenvalue weighted by molar-refractivity contribution is 0.627. The normalized spacial score (nSPS) is 11.7. The maximum Gasteiger partial charge on any atom is 0.191 e. The van der Waals surface area contributed by atoms with E-state index in [0.29, 0.717) is 6.54 Å². The van der Waals surface area contributed by atoms with E-state index in [1.165, 1.54) is 12.1 Å². The lowest BCUT2D eigenvalue weighted by Crippen LogP contribution is -2.37. The number of benzene rings is 2. The van der Waals surface area contributed by atoms with Gasteiger partial charge in [0.1, 0.15) is 11.6 Å². The third kappa shape index (κ3) is 5.05. The smallest absolute Gasteiger partial charge is 0.191 e. The second kappa shape index (κ2) is 8.99. The summed E-state index contributed by atoms with van der Waals surface area (Å²) in [7, 11) is 0. The van der Waals surface area contributed by atoms with Gasteiger partial charge in [-0.15, -0.1) is 0 Å². The molecule has 6 heteroatoms. The number of imidazole rings is 1. The van der Waals surface area contributed by atoms with Gasteiger partial charge in [-0.25, -0.2) is 14.4 Å². The Kier molecular flexibility index (Phi) is 6.19. The van der Waals surface area contributed by atoms with Crippen molar-refractivity contribution < 1.29 is 4.39 Å². The Morgan fingerprint density at radius 1 is 1.12 bits per heavy atom. The van der Waals surface area contributed by atoms with Crippen molar-refractivity contribution in [2.45, 2.75) is 26.3 Å². The fourth-order valence-corrected chi connectivity index (χ4v) is 2.69. The van der Waals surface area contributed by atoms with Crippen molar-refractivity contribution in [2.75, 3.05) is 13.1 Å². The number of H-pyrrole nitrogens is 1. The predicted octanol–water partition coefficient (Wildman–Crippen LogP) is 3.39. The van der Waals surface area contributed by atoms with E-state index in [4.69, 9.17) is 0 Å². The highest BCUT2D eigenvalue weighted by Gasteiger charge is 2.02. The van der Waals surface area contributed by atoms with Crippen LogP contribution in [0, 0.1) is 5.82 Å². The molecule has 0 aliphatic heterocycles. The number of rotatable bonds is 7. The molecule has 3 rings (SSSR count). The molecule has 2 aromatic carbocycles. The van der Waals surface area contributed by atoms with E-state index in [1.807, 2.05) is 31.2 Å². The maximum absolute atomic E-state index is 13.0. The average Bonchev–Trinajstić information content (AvgIpc) is 3.07. The zero-order valence-electron chi connectivity index (χ0n) is 14.9. The van der Waals surface area contributed by atoms with E-state index in [1.54, 1.807) is 12.1 Å². The Hall–Kier alpha value is -2.89. The molecule has 0 radical (unpaired) electrons. The van der Waals surface area contributed by atoms with Crippen molar-refractivity contribution in [3.05, 3.63) is 65.7 Å². The fraction of sp³-hybridized carbons (Fsp3) is 0.300. The van der Waals surface area contributed by atoms with Gasteiger partial charge < -0.3 is 15.6 Å². The molecular formula is C20H24FN5. The van der Waals surface area contributed by atoms with Gasteiger partial charge in [0.25, 0.3) is 0 Å². The highest BCUT2D eigenvalue weighted by atomic mass is 19.1. The molecule has 1 aromatic heterocycles. The van der Waals surface area contributed by atoms with Gasteiger partial charge in [-0.1, -0.05) is 24.3 Å². The topological polar surface area (TPSA) is 65.1 Å². The van der Waals surface area contributed by atoms with Crippen molar-refractivity contribution in [3.8, 4) is 0 Å². The Labute approximate surface area is 152 Å². The molecule has 136 valence electrons. The Morgan fingerprint density at radius 2 is 1.92 bits per heavy atom. The number of aliphatic imine (C=N–C) groups is 1. The molecule has 5 nitrogen and oxygen atoms in total. The minimum atomic E-state index is -0.228. The summed E-state index contributed by atoms with van der Waals surface area (Å²) in [4.78, 5) is 12.5. The number of fused-ring (bicyclic) bond motifs is 1. The lowest BCUT2D eigenvalue weighted by atomic mass is 10.2. The van der Waals surface area contributed by atoms with Crippen LogP contribution in [0.25, 0.3) is 11.0 Å². The molecule has 1 heterocycles. The van der Waals surface area contributed by atoms with E-state index < -0.39 is 0 Å². The molecule has 0 aliphatic carbocycles. The van der Waals surface area contributed by atoms with Gasteiger partial charge in [0.15, 0.2) is 5.96 Å². The van der Waals surface area contributed by atoms with Gasteiger partial charge in [0.2, 0.25) is 0 Å². The zero-order valence-corrected chi connectivity index (χ0v) is 14.9. The number of halogens is 1. The zero-order chi connectivity index (χ0) is 18.2. The fourth-order valence-electron chi connectivity index (χ4n) is 2.69. The van der Waals surface area contributed by atoms with Gasteiger partial charge in [-0.2, -0.15) is 0 Å². The molecule has 0 bridgehead atoms. The van der Waals surface area contributed by atoms with Crippen molar-refractivity contribution >= 4 is 17.0 Å². The lowest BCUT2D eigenvalue weighted by Gasteiger charge is -2.11. The third-order valence-corrected chi connectivity index (χ3v) is 4.00. The van der Waals surface area contributed by atoms with E-state index in [0.717, 1.165) is 54.3 Å². The molecule has 0 atom stereocenters. The first-order valence-electron chi connectivity index (χ1n) is 8.95.